The Morgan fingerprint density at radius 3 is 2.52 bits per heavy atom. The molecule has 2 heterocycles. The van der Waals surface area contributed by atoms with E-state index in [9.17, 15) is 0 Å². The molecule has 0 bridgehead atoms. The van der Waals surface area contributed by atoms with Crippen LogP contribution in [0, 0.1) is 0 Å². The Morgan fingerprint density at radius 2 is 1.76 bits per heavy atom. The maximum Gasteiger partial charge on any atom is 0.323 e. The molecule has 0 N–H and O–H groups in total. The summed E-state index contributed by atoms with van der Waals surface area (Å²) in [7, 11) is 0. The molecule has 104 valence electrons. The summed E-state index contributed by atoms with van der Waals surface area (Å²) in [6.07, 6.45) is 2.25. The van der Waals surface area contributed by atoms with Crippen LogP contribution in [0.5, 0.6) is 0 Å². The molecular weight excluding hydrogens is 344 g/mol. The van der Waals surface area contributed by atoms with Gasteiger partial charge >= 0.3 is 5.16 Å². The van der Waals surface area contributed by atoms with Crippen molar-refractivity contribution < 1.29 is 4.57 Å². The quantitative estimate of drug-likeness (QED) is 0.621. The largest absolute Gasteiger partial charge is 0.323 e. The maximum absolute atomic E-state index is 3.51. The molecule has 2 aromatic carbocycles. The molecule has 0 spiro atoms. The molecular formula is C17H14BrN2S+. The van der Waals surface area contributed by atoms with Gasteiger partial charge in [0.1, 0.15) is 18.4 Å². The van der Waals surface area contributed by atoms with Gasteiger partial charge in [-0.15, -0.1) is 0 Å². The molecule has 0 radical (unpaired) electrons. The van der Waals surface area contributed by atoms with Crippen molar-refractivity contribution in [3.05, 3.63) is 65.3 Å². The molecule has 4 rings (SSSR count). The number of aromatic nitrogens is 2. The van der Waals surface area contributed by atoms with Crippen LogP contribution in [0.15, 0.2) is 70.4 Å². The smallest absolute Gasteiger partial charge is 0.216 e. The number of hydrogen-bond acceptors (Lipinski definition) is 1. The number of benzene rings is 2. The van der Waals surface area contributed by atoms with Crippen molar-refractivity contribution >= 4 is 27.7 Å². The van der Waals surface area contributed by atoms with Crippen molar-refractivity contribution in [2.24, 2.45) is 0 Å². The summed E-state index contributed by atoms with van der Waals surface area (Å²) in [5.41, 5.74) is 3.77. The van der Waals surface area contributed by atoms with Crippen molar-refractivity contribution in [1.82, 2.24) is 4.57 Å². The maximum atomic E-state index is 3.51. The van der Waals surface area contributed by atoms with E-state index in [0.717, 1.165) is 16.8 Å². The van der Waals surface area contributed by atoms with Gasteiger partial charge in [0.15, 0.2) is 5.69 Å². The monoisotopic (exact) mass is 357 g/mol. The van der Waals surface area contributed by atoms with Gasteiger partial charge in [-0.25, -0.2) is 4.57 Å². The second kappa shape index (κ2) is 5.35. The van der Waals surface area contributed by atoms with Crippen LogP contribution in [0.2, 0.25) is 0 Å². The molecule has 0 saturated carbocycles. The minimum absolute atomic E-state index is 1.07. The predicted octanol–water partition coefficient (Wildman–Crippen LogP) is 4.30. The number of hydrogen-bond donors (Lipinski definition) is 0. The van der Waals surface area contributed by atoms with Crippen LogP contribution in [0.1, 0.15) is 0 Å². The lowest BCUT2D eigenvalue weighted by Gasteiger charge is -1.98. The number of thioether (sulfide) groups is 1. The minimum Gasteiger partial charge on any atom is -0.216 e. The van der Waals surface area contributed by atoms with E-state index in [1.807, 2.05) is 11.8 Å². The molecule has 0 amide bonds. The van der Waals surface area contributed by atoms with Crippen LogP contribution in [-0.2, 0) is 6.54 Å². The lowest BCUT2D eigenvalue weighted by atomic mass is 10.2. The molecule has 0 atom stereocenters. The zero-order valence-corrected chi connectivity index (χ0v) is 13.8. The first-order valence-electron chi connectivity index (χ1n) is 6.92. The standard InChI is InChI=1S/C17H14BrN2S/c18-14-8-6-13(7-9-14)16-12-20(15-4-2-1-3-5-15)17-19(16)10-11-21-17/h1-9,12H,10-11H2/q+1. The van der Waals surface area contributed by atoms with Crippen LogP contribution in [0.25, 0.3) is 16.9 Å². The Labute approximate surface area is 136 Å². The van der Waals surface area contributed by atoms with Crippen molar-refractivity contribution in [3.63, 3.8) is 0 Å². The second-order valence-electron chi connectivity index (χ2n) is 5.01. The first-order chi connectivity index (χ1) is 10.3. The topological polar surface area (TPSA) is 8.81 Å². The van der Waals surface area contributed by atoms with Gasteiger partial charge in [0, 0.05) is 15.8 Å². The van der Waals surface area contributed by atoms with E-state index in [0.29, 0.717) is 0 Å². The highest BCUT2D eigenvalue weighted by molar-refractivity contribution is 9.10. The second-order valence-corrected chi connectivity index (χ2v) is 6.99. The summed E-state index contributed by atoms with van der Waals surface area (Å²) in [4.78, 5) is 0. The lowest BCUT2D eigenvalue weighted by molar-refractivity contribution is -0.713. The summed E-state index contributed by atoms with van der Waals surface area (Å²) < 4.78 is 5.83. The van der Waals surface area contributed by atoms with E-state index in [1.165, 1.54) is 22.1 Å². The van der Waals surface area contributed by atoms with Crippen molar-refractivity contribution in [2.45, 2.75) is 11.7 Å². The summed E-state index contributed by atoms with van der Waals surface area (Å²) in [5.74, 6) is 1.15. The van der Waals surface area contributed by atoms with Gasteiger partial charge in [-0.3, -0.25) is 0 Å². The van der Waals surface area contributed by atoms with Gasteiger partial charge < -0.3 is 0 Å². The molecule has 0 aliphatic carbocycles. The number of imidazole rings is 1. The molecule has 3 aromatic rings. The Bertz CT molecular complexity index is 779. The van der Waals surface area contributed by atoms with Crippen molar-refractivity contribution in [2.75, 3.05) is 5.75 Å². The molecule has 0 fully saturated rings. The third-order valence-electron chi connectivity index (χ3n) is 3.70. The van der Waals surface area contributed by atoms with E-state index in [-0.39, 0.29) is 0 Å². The first kappa shape index (κ1) is 13.2. The van der Waals surface area contributed by atoms with Crippen LogP contribution in [0.4, 0.5) is 0 Å². The van der Waals surface area contributed by atoms with Crippen molar-refractivity contribution in [3.8, 4) is 16.9 Å². The highest BCUT2D eigenvalue weighted by Crippen LogP contribution is 2.29. The predicted molar refractivity (Wildman–Crippen MR) is 89.8 cm³/mol. The average molecular weight is 358 g/mol. The molecule has 21 heavy (non-hydrogen) atoms. The highest BCUT2D eigenvalue weighted by atomic mass is 79.9. The fourth-order valence-corrected chi connectivity index (χ4v) is 4.06. The van der Waals surface area contributed by atoms with Gasteiger partial charge in [-0.1, -0.05) is 34.1 Å². The van der Waals surface area contributed by atoms with E-state index in [1.54, 1.807) is 0 Å². The zero-order chi connectivity index (χ0) is 14.2. The molecule has 0 unspecified atom stereocenters. The average Bonchev–Trinajstić information content (AvgIpc) is 3.11. The Morgan fingerprint density at radius 1 is 1.00 bits per heavy atom. The first-order valence-corrected chi connectivity index (χ1v) is 8.70. The molecule has 1 aromatic heterocycles. The van der Waals surface area contributed by atoms with Crippen LogP contribution >= 0.6 is 27.7 Å². The molecule has 1 aliphatic rings. The van der Waals surface area contributed by atoms with Crippen LogP contribution < -0.4 is 4.57 Å². The minimum atomic E-state index is 1.07. The third kappa shape index (κ3) is 2.32. The van der Waals surface area contributed by atoms with Gasteiger partial charge in [0.25, 0.3) is 0 Å². The lowest BCUT2D eigenvalue weighted by Crippen LogP contribution is -2.33. The van der Waals surface area contributed by atoms with Gasteiger partial charge in [-0.2, -0.15) is 4.57 Å². The van der Waals surface area contributed by atoms with Crippen LogP contribution in [0.3, 0.4) is 0 Å². The number of halogens is 1. The third-order valence-corrected chi connectivity index (χ3v) is 5.29. The summed E-state index contributed by atoms with van der Waals surface area (Å²) >= 11 is 5.43. The van der Waals surface area contributed by atoms with Crippen LogP contribution in [-0.4, -0.2) is 10.3 Å². The highest BCUT2D eigenvalue weighted by Gasteiger charge is 2.30. The zero-order valence-electron chi connectivity index (χ0n) is 11.4. The molecule has 4 heteroatoms. The fourth-order valence-electron chi connectivity index (χ4n) is 2.70. The van der Waals surface area contributed by atoms with Crippen molar-refractivity contribution in [1.29, 1.82) is 0 Å². The Balaban J connectivity index is 1.88. The summed E-state index contributed by atoms with van der Waals surface area (Å²) in [5, 5.41) is 1.32. The van der Waals surface area contributed by atoms with Gasteiger partial charge in [0.05, 0.1) is 0 Å². The Kier molecular flexibility index (Phi) is 3.36. The number of para-hydroxylation sites is 1. The fraction of sp³-hybridized carbons (Fsp3) is 0.118. The molecule has 2 nitrogen and oxygen atoms in total. The SMILES string of the molecule is Brc1ccc(-c2cn(-c3ccccc3)c3[n+]2CCS3)cc1. The number of rotatable bonds is 2. The van der Waals surface area contributed by atoms with E-state index in [4.69, 9.17) is 0 Å². The number of nitrogens with zero attached hydrogens (tertiary/aromatic N) is 2. The molecule has 1 aliphatic heterocycles. The normalized spacial score (nSPS) is 13.4. The molecule has 0 saturated heterocycles. The number of fused-ring (bicyclic) bond motifs is 1. The Hall–Kier alpha value is -1.52. The van der Waals surface area contributed by atoms with E-state index in [2.05, 4.69) is 85.9 Å². The van der Waals surface area contributed by atoms with Gasteiger partial charge in [-0.05, 0) is 48.2 Å². The van der Waals surface area contributed by atoms with Gasteiger partial charge in [0.2, 0.25) is 0 Å². The summed E-state index contributed by atoms with van der Waals surface area (Å²) in [6.45, 7) is 1.07. The van der Waals surface area contributed by atoms with E-state index >= 15 is 0 Å². The van der Waals surface area contributed by atoms with E-state index < -0.39 is 0 Å². The summed E-state index contributed by atoms with van der Waals surface area (Å²) in [6, 6.07) is 19.1.